The summed E-state index contributed by atoms with van der Waals surface area (Å²) < 4.78 is 19.0. The minimum Gasteiger partial charge on any atom is -0.423 e. The van der Waals surface area contributed by atoms with Gasteiger partial charge in [-0.2, -0.15) is 4.98 Å². The Morgan fingerprint density at radius 3 is 2.86 bits per heavy atom. The highest BCUT2D eigenvalue weighted by Gasteiger charge is 2.11. The van der Waals surface area contributed by atoms with Gasteiger partial charge in [-0.3, -0.25) is 4.79 Å². The lowest BCUT2D eigenvalue weighted by molar-refractivity contribution is -0.116. The smallest absolute Gasteiger partial charge is 0.300 e. The third kappa shape index (κ3) is 2.94. The zero-order chi connectivity index (χ0) is 15.7. The van der Waals surface area contributed by atoms with Crippen molar-refractivity contribution in [1.29, 1.82) is 0 Å². The van der Waals surface area contributed by atoms with Crippen LogP contribution in [-0.4, -0.2) is 10.8 Å². The van der Waals surface area contributed by atoms with E-state index in [2.05, 4.69) is 10.3 Å². The van der Waals surface area contributed by atoms with E-state index in [1.165, 1.54) is 13.0 Å². The molecule has 0 atom stereocenters. The molecule has 0 aliphatic heterocycles. The summed E-state index contributed by atoms with van der Waals surface area (Å²) in [6.45, 7) is 1.52. The van der Waals surface area contributed by atoms with Gasteiger partial charge in [0.15, 0.2) is 11.4 Å². The summed E-state index contributed by atoms with van der Waals surface area (Å²) in [5.74, 6) is -0.386. The molecule has 112 valence electrons. The summed E-state index contributed by atoms with van der Waals surface area (Å²) in [6, 6.07) is 9.88. The quantitative estimate of drug-likeness (QED) is 0.769. The second-order valence-electron chi connectivity index (χ2n) is 4.92. The van der Waals surface area contributed by atoms with Crippen LogP contribution < -0.4 is 5.32 Å². The van der Waals surface area contributed by atoms with Gasteiger partial charge in [0.05, 0.1) is 10.7 Å². The molecule has 1 heterocycles. The fraction of sp³-hybridized carbons (Fsp3) is 0.125. The fourth-order valence-corrected chi connectivity index (χ4v) is 2.39. The number of hydrogen-bond donors (Lipinski definition) is 1. The van der Waals surface area contributed by atoms with Crippen molar-refractivity contribution in [2.75, 3.05) is 5.32 Å². The predicted molar refractivity (Wildman–Crippen MR) is 83.1 cm³/mol. The molecule has 0 aliphatic rings. The Morgan fingerprint density at radius 1 is 1.36 bits per heavy atom. The maximum atomic E-state index is 13.6. The van der Waals surface area contributed by atoms with Gasteiger partial charge in [0.1, 0.15) is 11.3 Å². The van der Waals surface area contributed by atoms with Crippen LogP contribution in [0.3, 0.4) is 0 Å². The van der Waals surface area contributed by atoms with Crippen molar-refractivity contribution in [2.24, 2.45) is 0 Å². The third-order valence-electron chi connectivity index (χ3n) is 3.10. The number of halogens is 2. The van der Waals surface area contributed by atoms with Gasteiger partial charge in [0.25, 0.3) is 6.01 Å². The molecule has 3 rings (SSSR count). The number of nitrogens with zero attached hydrogens (tertiary/aromatic N) is 1. The van der Waals surface area contributed by atoms with Gasteiger partial charge in [0, 0.05) is 6.42 Å². The largest absolute Gasteiger partial charge is 0.423 e. The van der Waals surface area contributed by atoms with E-state index in [-0.39, 0.29) is 17.3 Å². The van der Waals surface area contributed by atoms with Crippen LogP contribution in [0.4, 0.5) is 16.1 Å². The molecule has 22 heavy (non-hydrogen) atoms. The number of ketones is 1. The number of benzene rings is 2. The highest BCUT2D eigenvalue weighted by Crippen LogP contribution is 2.28. The lowest BCUT2D eigenvalue weighted by Gasteiger charge is -2.06. The van der Waals surface area contributed by atoms with Crippen LogP contribution in [0.5, 0.6) is 0 Å². The monoisotopic (exact) mass is 318 g/mol. The average molecular weight is 319 g/mol. The molecular weight excluding hydrogens is 307 g/mol. The number of fused-ring (bicyclic) bond motifs is 1. The maximum Gasteiger partial charge on any atom is 0.300 e. The van der Waals surface area contributed by atoms with Crippen molar-refractivity contribution in [2.45, 2.75) is 13.3 Å². The number of anilines is 2. The zero-order valence-corrected chi connectivity index (χ0v) is 12.4. The summed E-state index contributed by atoms with van der Waals surface area (Å²) in [6.07, 6.45) is 0.327. The summed E-state index contributed by atoms with van der Waals surface area (Å²) in [5.41, 5.74) is 1.91. The van der Waals surface area contributed by atoms with Crippen LogP contribution in [0.15, 0.2) is 40.8 Å². The number of carbonyl (C=O) groups excluding carboxylic acids is 1. The van der Waals surface area contributed by atoms with E-state index < -0.39 is 5.82 Å². The summed E-state index contributed by atoms with van der Waals surface area (Å²) in [4.78, 5) is 15.2. The second-order valence-corrected chi connectivity index (χ2v) is 5.33. The van der Waals surface area contributed by atoms with Crippen molar-refractivity contribution in [3.8, 4) is 0 Å². The lowest BCUT2D eigenvalue weighted by atomic mass is 10.1. The van der Waals surface area contributed by atoms with Gasteiger partial charge in [-0.05, 0) is 36.8 Å². The molecule has 0 unspecified atom stereocenters. The number of rotatable bonds is 4. The molecule has 0 aliphatic carbocycles. The second kappa shape index (κ2) is 5.77. The van der Waals surface area contributed by atoms with Gasteiger partial charge < -0.3 is 9.73 Å². The first kappa shape index (κ1) is 14.5. The Balaban J connectivity index is 1.88. The Labute approximate surface area is 130 Å². The molecule has 3 aromatic rings. The van der Waals surface area contributed by atoms with Gasteiger partial charge in [0.2, 0.25) is 0 Å². The number of nitrogens with one attached hydrogen (secondary N) is 1. The average Bonchev–Trinajstić information content (AvgIpc) is 2.85. The van der Waals surface area contributed by atoms with E-state index in [4.69, 9.17) is 16.0 Å². The SMILES string of the molecule is CC(=O)Cc1ccc(Nc2nc3c(F)cccc3o2)c(Cl)c1. The van der Waals surface area contributed by atoms with Gasteiger partial charge in [-0.1, -0.05) is 23.7 Å². The van der Waals surface area contributed by atoms with Gasteiger partial charge in [-0.15, -0.1) is 0 Å². The fourth-order valence-electron chi connectivity index (χ4n) is 2.14. The summed E-state index contributed by atoms with van der Waals surface area (Å²) >= 11 is 6.18. The van der Waals surface area contributed by atoms with Crippen LogP contribution in [0, 0.1) is 5.82 Å². The molecule has 4 nitrogen and oxygen atoms in total. The number of carbonyl (C=O) groups is 1. The number of Topliss-reactive ketones (excluding diaryl/α,β-unsaturated/α-hetero) is 1. The first-order chi connectivity index (χ1) is 10.5. The normalized spacial score (nSPS) is 10.9. The van der Waals surface area contributed by atoms with Gasteiger partial charge >= 0.3 is 0 Å². The van der Waals surface area contributed by atoms with E-state index in [0.717, 1.165) is 5.56 Å². The highest BCUT2D eigenvalue weighted by atomic mass is 35.5. The van der Waals surface area contributed by atoms with E-state index in [1.807, 2.05) is 0 Å². The van der Waals surface area contributed by atoms with Crippen molar-refractivity contribution in [3.05, 3.63) is 52.8 Å². The highest BCUT2D eigenvalue weighted by molar-refractivity contribution is 6.33. The molecule has 2 aromatic carbocycles. The van der Waals surface area contributed by atoms with E-state index in [9.17, 15) is 9.18 Å². The molecule has 0 bridgehead atoms. The van der Waals surface area contributed by atoms with Crippen LogP contribution in [0.25, 0.3) is 11.1 Å². The number of oxazole rings is 1. The minimum atomic E-state index is -0.447. The molecule has 0 saturated carbocycles. The van der Waals surface area contributed by atoms with Crippen molar-refractivity contribution >= 4 is 40.2 Å². The van der Waals surface area contributed by atoms with E-state index in [1.54, 1.807) is 30.3 Å². The Bertz CT molecular complexity index is 860. The summed E-state index contributed by atoms with van der Waals surface area (Å²) in [5, 5.41) is 3.34. The molecule has 6 heteroatoms. The lowest BCUT2D eigenvalue weighted by Crippen LogP contribution is -1.97. The van der Waals surface area contributed by atoms with E-state index >= 15 is 0 Å². The van der Waals surface area contributed by atoms with Crippen molar-refractivity contribution in [1.82, 2.24) is 4.98 Å². The minimum absolute atomic E-state index is 0.0613. The zero-order valence-electron chi connectivity index (χ0n) is 11.7. The van der Waals surface area contributed by atoms with Crippen molar-refractivity contribution in [3.63, 3.8) is 0 Å². The standard InChI is InChI=1S/C16H12ClFN2O2/c1-9(21)7-10-5-6-13(11(17)8-10)19-16-20-15-12(18)3-2-4-14(15)22-16/h2-6,8H,7H2,1H3,(H,19,20). The van der Waals surface area contributed by atoms with Crippen LogP contribution in [0.1, 0.15) is 12.5 Å². The van der Waals surface area contributed by atoms with Crippen LogP contribution >= 0.6 is 11.6 Å². The molecule has 0 radical (unpaired) electrons. The maximum absolute atomic E-state index is 13.6. The third-order valence-corrected chi connectivity index (χ3v) is 3.41. The number of hydrogen-bond acceptors (Lipinski definition) is 4. The van der Waals surface area contributed by atoms with Gasteiger partial charge in [-0.25, -0.2) is 4.39 Å². The first-order valence-electron chi connectivity index (χ1n) is 6.63. The Morgan fingerprint density at radius 2 is 2.18 bits per heavy atom. The molecular formula is C16H12ClFN2O2. The first-order valence-corrected chi connectivity index (χ1v) is 7.00. The topological polar surface area (TPSA) is 55.1 Å². The Kier molecular flexibility index (Phi) is 3.81. The van der Waals surface area contributed by atoms with Crippen molar-refractivity contribution < 1.29 is 13.6 Å². The number of para-hydroxylation sites is 1. The summed E-state index contributed by atoms with van der Waals surface area (Å²) in [7, 11) is 0. The van der Waals surface area contributed by atoms with Crippen LogP contribution in [0.2, 0.25) is 5.02 Å². The Hall–Kier alpha value is -2.40. The molecule has 0 fully saturated rings. The predicted octanol–water partition coefficient (Wildman–Crippen LogP) is 4.50. The molecule has 0 spiro atoms. The molecule has 1 N–H and O–H groups in total. The van der Waals surface area contributed by atoms with Crippen LogP contribution in [-0.2, 0) is 11.2 Å². The molecule has 0 amide bonds. The molecule has 1 aromatic heterocycles. The number of aromatic nitrogens is 1. The van der Waals surface area contributed by atoms with E-state index in [0.29, 0.717) is 22.7 Å². The molecule has 0 saturated heterocycles.